The second-order valence-electron chi connectivity index (χ2n) is 22.7. The molecule has 4 nitrogen and oxygen atoms in total. The third-order valence-electron chi connectivity index (χ3n) is 18.2. The van der Waals surface area contributed by atoms with Crippen LogP contribution in [-0.2, 0) is 0 Å². The average Bonchev–Trinajstić information content (AvgIpc) is 4.24. The molecule has 16 rings (SSSR count). The van der Waals surface area contributed by atoms with Gasteiger partial charge in [0.15, 0.2) is 11.2 Å². The minimum absolute atomic E-state index is 0.510. The van der Waals surface area contributed by atoms with Crippen molar-refractivity contribution in [3.8, 4) is 22.3 Å². The average molecular weight is 1030 g/mol. The predicted octanol–water partition coefficient (Wildman–Crippen LogP) is 22.8. The monoisotopic (exact) mass is 1030 g/mol. The summed E-state index contributed by atoms with van der Waals surface area (Å²) in [5.41, 5.74) is 17.7. The molecular formula is C76H60N2O2. The van der Waals surface area contributed by atoms with E-state index in [-0.39, 0.29) is 0 Å². The van der Waals surface area contributed by atoms with Crippen LogP contribution in [0.15, 0.2) is 239 Å². The molecule has 0 aliphatic heterocycles. The topological polar surface area (TPSA) is 32.8 Å². The van der Waals surface area contributed by atoms with Gasteiger partial charge in [0.2, 0.25) is 0 Å². The van der Waals surface area contributed by atoms with E-state index in [1.165, 1.54) is 141 Å². The quantitative estimate of drug-likeness (QED) is 0.128. The Kier molecular flexibility index (Phi) is 11.4. The molecule has 0 amide bonds. The van der Waals surface area contributed by atoms with E-state index in [1.807, 2.05) is 0 Å². The number of rotatable bonds is 10. The summed E-state index contributed by atoms with van der Waals surface area (Å²) in [5, 5.41) is 11.9. The summed E-state index contributed by atoms with van der Waals surface area (Å²) in [6, 6.07) is 85.3. The molecule has 0 saturated heterocycles. The van der Waals surface area contributed by atoms with Gasteiger partial charge >= 0.3 is 0 Å². The van der Waals surface area contributed by atoms with Crippen LogP contribution < -0.4 is 9.80 Å². The molecule has 0 unspecified atom stereocenters. The second-order valence-corrected chi connectivity index (χ2v) is 22.7. The summed E-state index contributed by atoms with van der Waals surface area (Å²) in [6.45, 7) is 0. The predicted molar refractivity (Wildman–Crippen MR) is 337 cm³/mol. The maximum atomic E-state index is 7.30. The Labute approximate surface area is 466 Å². The minimum Gasteiger partial charge on any atom is -0.454 e. The molecule has 80 heavy (non-hydrogen) atoms. The van der Waals surface area contributed by atoms with Gasteiger partial charge in [-0.25, -0.2) is 0 Å². The SMILES string of the molecule is c1ccc(-c2ccc(N(c3ccc4ccc5c(N(c6ccc(-c7ccccc7)cc6)c6cccc7c6oc6c(C8CCCCC8)cccc67)ccc6ccc3c4c65)c3cccc4c3oc3c(C5CCCCC5)cccc34)cc2)cc1. The van der Waals surface area contributed by atoms with Crippen molar-refractivity contribution in [1.29, 1.82) is 0 Å². The number of para-hydroxylation sites is 4. The standard InChI is InChI=1S/C76H60N2O2/c1-5-17-49(18-6-1)51-33-41-57(42-34-51)77(69-31-15-29-63-61-27-13-25-59(73(61)79-75(63)69)53-21-9-3-10-22-53)67-47-39-55-38-46-66-68(48-40-56-37-45-65(67)71(55)72(56)66)78(58-43-35-52(36-44-58)50-19-7-2-8-20-50)70-32-16-30-64-62-28-14-26-60(74(62)80-76(64)70)54-23-11-4-12-24-54/h1-2,5-8,13-20,25-48,53-54H,3-4,9-12,21-24H2. The Hall–Kier alpha value is -9.12. The zero-order chi connectivity index (χ0) is 52.7. The summed E-state index contributed by atoms with van der Waals surface area (Å²) in [6.07, 6.45) is 12.6. The van der Waals surface area contributed by atoms with Gasteiger partial charge in [0, 0.05) is 43.7 Å². The van der Waals surface area contributed by atoms with Crippen LogP contribution in [0.5, 0.6) is 0 Å². The van der Waals surface area contributed by atoms with Gasteiger partial charge < -0.3 is 18.6 Å². The maximum Gasteiger partial charge on any atom is 0.159 e. The first-order valence-corrected chi connectivity index (χ1v) is 29.2. The van der Waals surface area contributed by atoms with Crippen LogP contribution in [-0.4, -0.2) is 0 Å². The van der Waals surface area contributed by atoms with Crippen LogP contribution in [0.4, 0.5) is 34.1 Å². The van der Waals surface area contributed by atoms with Crippen LogP contribution in [0.2, 0.25) is 0 Å². The normalized spacial score (nSPS) is 14.7. The lowest BCUT2D eigenvalue weighted by atomic mass is 9.83. The molecule has 0 N–H and O–H groups in total. The Morgan fingerprint density at radius 2 is 0.625 bits per heavy atom. The lowest BCUT2D eigenvalue weighted by Gasteiger charge is -2.29. The highest BCUT2D eigenvalue weighted by Crippen LogP contribution is 2.52. The molecule has 2 aliphatic rings. The lowest BCUT2D eigenvalue weighted by Crippen LogP contribution is -2.12. The third-order valence-corrected chi connectivity index (χ3v) is 18.2. The largest absolute Gasteiger partial charge is 0.454 e. The zero-order valence-corrected chi connectivity index (χ0v) is 44.9. The first-order valence-electron chi connectivity index (χ1n) is 29.2. The van der Waals surface area contributed by atoms with Crippen LogP contribution in [0.1, 0.15) is 87.2 Å². The zero-order valence-electron chi connectivity index (χ0n) is 44.9. The van der Waals surface area contributed by atoms with Gasteiger partial charge in [-0.15, -0.1) is 0 Å². The molecule has 0 spiro atoms. The van der Waals surface area contributed by atoms with Crippen molar-refractivity contribution in [2.75, 3.05) is 9.80 Å². The van der Waals surface area contributed by atoms with Crippen molar-refractivity contribution in [3.63, 3.8) is 0 Å². The molecule has 2 aromatic heterocycles. The molecule has 0 radical (unpaired) electrons. The van der Waals surface area contributed by atoms with E-state index < -0.39 is 0 Å². The molecule has 2 heterocycles. The van der Waals surface area contributed by atoms with Crippen molar-refractivity contribution in [3.05, 3.63) is 242 Å². The molecule has 4 heteroatoms. The van der Waals surface area contributed by atoms with Crippen LogP contribution >= 0.6 is 0 Å². The number of hydrogen-bond acceptors (Lipinski definition) is 4. The minimum atomic E-state index is 0.510. The first kappa shape index (κ1) is 46.9. The van der Waals surface area contributed by atoms with Gasteiger partial charge in [-0.1, -0.05) is 221 Å². The van der Waals surface area contributed by atoms with Crippen molar-refractivity contribution >= 4 is 110 Å². The van der Waals surface area contributed by atoms with Gasteiger partial charge in [-0.05, 0) is 141 Å². The smallest absolute Gasteiger partial charge is 0.159 e. The van der Waals surface area contributed by atoms with Gasteiger partial charge in [-0.2, -0.15) is 0 Å². The van der Waals surface area contributed by atoms with Crippen LogP contribution in [0, 0.1) is 0 Å². The fourth-order valence-electron chi connectivity index (χ4n) is 14.3. The van der Waals surface area contributed by atoms with Gasteiger partial charge in [0.1, 0.15) is 11.2 Å². The third kappa shape index (κ3) is 7.71. The number of furan rings is 2. The molecule has 2 fully saturated rings. The first-order chi connectivity index (χ1) is 39.7. The maximum absolute atomic E-state index is 7.30. The van der Waals surface area contributed by atoms with Crippen LogP contribution in [0.25, 0.3) is 98.4 Å². The van der Waals surface area contributed by atoms with Crippen molar-refractivity contribution in [2.24, 2.45) is 0 Å². The number of anilines is 6. The number of benzene rings is 12. The molecule has 2 saturated carbocycles. The summed E-state index contributed by atoms with van der Waals surface area (Å²) in [5.74, 6) is 1.02. The summed E-state index contributed by atoms with van der Waals surface area (Å²) in [7, 11) is 0. The molecule has 386 valence electrons. The highest BCUT2D eigenvalue weighted by atomic mass is 16.3. The Morgan fingerprint density at radius 3 is 1.04 bits per heavy atom. The van der Waals surface area contributed by atoms with Crippen LogP contribution in [0.3, 0.4) is 0 Å². The van der Waals surface area contributed by atoms with E-state index in [0.717, 1.165) is 67.2 Å². The Balaban J connectivity index is 0.913. The second kappa shape index (κ2) is 19.4. The number of hydrogen-bond donors (Lipinski definition) is 0. The van der Waals surface area contributed by atoms with Crippen molar-refractivity contribution < 1.29 is 8.83 Å². The van der Waals surface area contributed by atoms with Crippen molar-refractivity contribution in [1.82, 2.24) is 0 Å². The number of nitrogens with zero attached hydrogens (tertiary/aromatic N) is 2. The lowest BCUT2D eigenvalue weighted by molar-refractivity contribution is 0.442. The highest BCUT2D eigenvalue weighted by molar-refractivity contribution is 6.29. The van der Waals surface area contributed by atoms with Gasteiger partial charge in [-0.3, -0.25) is 0 Å². The van der Waals surface area contributed by atoms with Gasteiger partial charge in [0.25, 0.3) is 0 Å². The van der Waals surface area contributed by atoms with E-state index >= 15 is 0 Å². The summed E-state index contributed by atoms with van der Waals surface area (Å²) in [4.78, 5) is 4.91. The Bertz CT molecular complexity index is 4300. The summed E-state index contributed by atoms with van der Waals surface area (Å²) < 4.78 is 14.6. The van der Waals surface area contributed by atoms with E-state index in [0.29, 0.717) is 11.8 Å². The van der Waals surface area contributed by atoms with E-state index in [1.54, 1.807) is 0 Å². The van der Waals surface area contributed by atoms with Gasteiger partial charge in [0.05, 0.1) is 22.7 Å². The number of fused-ring (bicyclic) bond motifs is 6. The molecule has 12 aromatic carbocycles. The molecule has 2 aliphatic carbocycles. The molecule has 0 atom stereocenters. The Morgan fingerprint density at radius 1 is 0.263 bits per heavy atom. The molecular weight excluding hydrogens is 973 g/mol. The van der Waals surface area contributed by atoms with E-state index in [9.17, 15) is 0 Å². The van der Waals surface area contributed by atoms with Crippen molar-refractivity contribution in [2.45, 2.75) is 76.0 Å². The van der Waals surface area contributed by atoms with E-state index in [2.05, 4.69) is 240 Å². The van der Waals surface area contributed by atoms with E-state index in [4.69, 9.17) is 8.83 Å². The fourth-order valence-corrected chi connectivity index (χ4v) is 14.3. The summed E-state index contributed by atoms with van der Waals surface area (Å²) >= 11 is 0. The molecule has 0 bridgehead atoms. The highest BCUT2D eigenvalue weighted by Gasteiger charge is 2.28. The fraction of sp³-hybridized carbons (Fsp3) is 0.158. The molecule has 14 aromatic rings.